The normalized spacial score (nSPS) is 10.7. The second kappa shape index (κ2) is 7.25. The van der Waals surface area contributed by atoms with Crippen molar-refractivity contribution in [3.63, 3.8) is 0 Å². The van der Waals surface area contributed by atoms with Crippen LogP contribution in [-0.2, 0) is 4.74 Å². The van der Waals surface area contributed by atoms with E-state index in [0.717, 1.165) is 5.56 Å². The van der Waals surface area contributed by atoms with Gasteiger partial charge < -0.3 is 4.74 Å². The SMILES string of the molecule is COC(=O)c1ccc(/C=C/C(=O)c2cc(Cl)ccc2Cl)cc1. The number of carbonyl (C=O) groups excluding carboxylic acids is 2. The molecule has 2 rings (SSSR count). The van der Waals surface area contributed by atoms with Gasteiger partial charge in [-0.1, -0.05) is 41.4 Å². The molecule has 2 aromatic rings. The van der Waals surface area contributed by atoms with Crippen LogP contribution >= 0.6 is 23.2 Å². The van der Waals surface area contributed by atoms with E-state index in [0.29, 0.717) is 21.2 Å². The Bertz CT molecular complexity index is 734. The third-order valence-electron chi connectivity index (χ3n) is 2.95. The summed E-state index contributed by atoms with van der Waals surface area (Å²) >= 11 is 11.8. The van der Waals surface area contributed by atoms with Gasteiger partial charge in [0.15, 0.2) is 5.78 Å². The first-order valence-electron chi connectivity index (χ1n) is 6.37. The van der Waals surface area contributed by atoms with Crippen molar-refractivity contribution < 1.29 is 14.3 Å². The largest absolute Gasteiger partial charge is 0.465 e. The fourth-order valence-electron chi connectivity index (χ4n) is 1.80. The quantitative estimate of drug-likeness (QED) is 0.463. The lowest BCUT2D eigenvalue weighted by molar-refractivity contribution is 0.0600. The van der Waals surface area contributed by atoms with E-state index >= 15 is 0 Å². The molecule has 0 radical (unpaired) electrons. The Morgan fingerprint density at radius 1 is 1.05 bits per heavy atom. The number of esters is 1. The van der Waals surface area contributed by atoms with Gasteiger partial charge in [0.2, 0.25) is 0 Å². The Kier molecular flexibility index (Phi) is 5.36. The van der Waals surface area contributed by atoms with E-state index < -0.39 is 5.97 Å². The minimum atomic E-state index is -0.405. The molecule has 0 aromatic heterocycles. The minimum absolute atomic E-state index is 0.246. The highest BCUT2D eigenvalue weighted by Gasteiger charge is 2.08. The summed E-state index contributed by atoms with van der Waals surface area (Å²) < 4.78 is 4.62. The van der Waals surface area contributed by atoms with Gasteiger partial charge >= 0.3 is 5.97 Å². The Hall–Kier alpha value is -2.10. The number of allylic oxidation sites excluding steroid dienone is 1. The lowest BCUT2D eigenvalue weighted by Gasteiger charge is -2.01. The zero-order chi connectivity index (χ0) is 16.1. The molecule has 5 heteroatoms. The molecule has 0 saturated carbocycles. The topological polar surface area (TPSA) is 43.4 Å². The number of methoxy groups -OCH3 is 1. The summed E-state index contributed by atoms with van der Waals surface area (Å²) in [5.41, 5.74) is 1.57. The van der Waals surface area contributed by atoms with Crippen molar-refractivity contribution in [3.8, 4) is 0 Å². The van der Waals surface area contributed by atoms with E-state index in [4.69, 9.17) is 23.2 Å². The van der Waals surface area contributed by atoms with Crippen LogP contribution in [0.2, 0.25) is 10.0 Å². The van der Waals surface area contributed by atoms with Crippen molar-refractivity contribution in [2.24, 2.45) is 0 Å². The Labute approximate surface area is 138 Å². The molecule has 0 saturated heterocycles. The molecule has 0 heterocycles. The molecule has 0 fully saturated rings. The fourth-order valence-corrected chi connectivity index (χ4v) is 2.18. The van der Waals surface area contributed by atoms with Crippen LogP contribution in [0.5, 0.6) is 0 Å². The molecule has 0 atom stereocenters. The molecular weight excluding hydrogens is 323 g/mol. The van der Waals surface area contributed by atoms with Gasteiger partial charge in [-0.15, -0.1) is 0 Å². The lowest BCUT2D eigenvalue weighted by atomic mass is 10.1. The van der Waals surface area contributed by atoms with Crippen LogP contribution in [0.25, 0.3) is 6.08 Å². The first-order valence-corrected chi connectivity index (χ1v) is 7.12. The molecule has 22 heavy (non-hydrogen) atoms. The number of ether oxygens (including phenoxy) is 1. The molecule has 0 amide bonds. The number of ketones is 1. The molecule has 0 bridgehead atoms. The monoisotopic (exact) mass is 334 g/mol. The molecule has 0 aliphatic rings. The van der Waals surface area contributed by atoms with E-state index in [1.807, 2.05) is 0 Å². The standard InChI is InChI=1S/C17H12Cl2O3/c1-22-17(21)12-5-2-11(3-6-12)4-9-16(20)14-10-13(18)7-8-15(14)19/h2-10H,1H3/b9-4+. The summed E-state index contributed by atoms with van der Waals surface area (Å²) in [6.45, 7) is 0. The van der Waals surface area contributed by atoms with Crippen LogP contribution in [-0.4, -0.2) is 18.9 Å². The van der Waals surface area contributed by atoms with Crippen molar-refractivity contribution in [2.45, 2.75) is 0 Å². The molecule has 3 nitrogen and oxygen atoms in total. The van der Waals surface area contributed by atoms with Gasteiger partial charge in [0.1, 0.15) is 0 Å². The third kappa shape index (κ3) is 3.97. The van der Waals surface area contributed by atoms with Crippen molar-refractivity contribution in [1.29, 1.82) is 0 Å². The predicted molar refractivity (Wildman–Crippen MR) is 87.6 cm³/mol. The van der Waals surface area contributed by atoms with Gasteiger partial charge in [-0.05, 0) is 42.0 Å². The molecule has 0 unspecified atom stereocenters. The van der Waals surface area contributed by atoms with Crippen LogP contribution < -0.4 is 0 Å². The summed E-state index contributed by atoms with van der Waals surface area (Å²) in [5, 5.41) is 0.795. The maximum Gasteiger partial charge on any atom is 0.337 e. The number of hydrogen-bond acceptors (Lipinski definition) is 3. The summed E-state index contributed by atoms with van der Waals surface area (Å²) in [4.78, 5) is 23.4. The van der Waals surface area contributed by atoms with Crippen LogP contribution in [0.3, 0.4) is 0 Å². The smallest absolute Gasteiger partial charge is 0.337 e. The van der Waals surface area contributed by atoms with Crippen LogP contribution in [0.15, 0.2) is 48.5 Å². The number of rotatable bonds is 4. The zero-order valence-corrected chi connectivity index (χ0v) is 13.2. The van der Waals surface area contributed by atoms with Crippen molar-refractivity contribution in [2.75, 3.05) is 7.11 Å². The first-order chi connectivity index (χ1) is 10.5. The lowest BCUT2D eigenvalue weighted by Crippen LogP contribution is -2.00. The maximum absolute atomic E-state index is 12.1. The number of carbonyl (C=O) groups is 2. The van der Waals surface area contributed by atoms with Gasteiger partial charge in [0, 0.05) is 10.6 Å². The first kappa shape index (κ1) is 16.3. The van der Waals surface area contributed by atoms with Gasteiger partial charge in [-0.25, -0.2) is 4.79 Å². The van der Waals surface area contributed by atoms with Gasteiger partial charge in [0.05, 0.1) is 17.7 Å². The molecule has 0 aliphatic carbocycles. The fraction of sp³-hybridized carbons (Fsp3) is 0.0588. The zero-order valence-electron chi connectivity index (χ0n) is 11.7. The average Bonchev–Trinajstić information content (AvgIpc) is 2.54. The van der Waals surface area contributed by atoms with Gasteiger partial charge in [-0.3, -0.25) is 4.79 Å². The molecular formula is C17H12Cl2O3. The van der Waals surface area contributed by atoms with Crippen molar-refractivity contribution in [1.82, 2.24) is 0 Å². The van der Waals surface area contributed by atoms with Gasteiger partial charge in [0.25, 0.3) is 0 Å². The van der Waals surface area contributed by atoms with E-state index in [1.165, 1.54) is 19.3 Å². The number of benzene rings is 2. The highest BCUT2D eigenvalue weighted by molar-refractivity contribution is 6.36. The highest BCUT2D eigenvalue weighted by Crippen LogP contribution is 2.21. The Morgan fingerprint density at radius 3 is 2.36 bits per heavy atom. The summed E-state index contributed by atoms with van der Waals surface area (Å²) in [6.07, 6.45) is 3.05. The second-order valence-corrected chi connectivity index (χ2v) is 5.28. The molecule has 112 valence electrons. The summed E-state index contributed by atoms with van der Waals surface area (Å²) in [5.74, 6) is -0.651. The van der Waals surface area contributed by atoms with Crippen LogP contribution in [0, 0.1) is 0 Å². The molecule has 2 aromatic carbocycles. The minimum Gasteiger partial charge on any atom is -0.465 e. The molecule has 0 spiro atoms. The number of hydrogen-bond donors (Lipinski definition) is 0. The average molecular weight is 335 g/mol. The van der Waals surface area contributed by atoms with Gasteiger partial charge in [-0.2, -0.15) is 0 Å². The van der Waals surface area contributed by atoms with E-state index in [9.17, 15) is 9.59 Å². The maximum atomic E-state index is 12.1. The number of halogens is 2. The summed E-state index contributed by atoms with van der Waals surface area (Å²) in [6, 6.07) is 11.4. The van der Waals surface area contributed by atoms with E-state index in [1.54, 1.807) is 42.5 Å². The summed E-state index contributed by atoms with van der Waals surface area (Å²) in [7, 11) is 1.32. The van der Waals surface area contributed by atoms with E-state index in [2.05, 4.69) is 4.74 Å². The van der Waals surface area contributed by atoms with E-state index in [-0.39, 0.29) is 5.78 Å². The Balaban J connectivity index is 2.16. The predicted octanol–water partition coefficient (Wildman–Crippen LogP) is 4.68. The molecule has 0 aliphatic heterocycles. The second-order valence-electron chi connectivity index (χ2n) is 4.44. The van der Waals surface area contributed by atoms with Crippen molar-refractivity contribution in [3.05, 3.63) is 75.3 Å². The highest BCUT2D eigenvalue weighted by atomic mass is 35.5. The van der Waals surface area contributed by atoms with Crippen molar-refractivity contribution >= 4 is 41.0 Å². The Morgan fingerprint density at radius 2 is 1.73 bits per heavy atom. The third-order valence-corrected chi connectivity index (χ3v) is 3.52. The molecule has 0 N–H and O–H groups in total. The van der Waals surface area contributed by atoms with Crippen LogP contribution in [0.4, 0.5) is 0 Å². The van der Waals surface area contributed by atoms with Crippen LogP contribution in [0.1, 0.15) is 26.3 Å².